The Labute approximate surface area is 130 Å². The molecule has 0 aliphatic carbocycles. The number of hydrogen-bond acceptors (Lipinski definition) is 3. The average molecular weight is 305 g/mol. The molecule has 0 fully saturated rings. The highest BCUT2D eigenvalue weighted by Crippen LogP contribution is 2.18. The van der Waals surface area contributed by atoms with Crippen LogP contribution in [0.2, 0.25) is 0 Å². The first-order valence-electron chi connectivity index (χ1n) is 7.36. The summed E-state index contributed by atoms with van der Waals surface area (Å²) in [6.07, 6.45) is 1.29. The molecule has 0 radical (unpaired) electrons. The molecule has 0 atom stereocenters. The summed E-state index contributed by atoms with van der Waals surface area (Å²) in [6, 6.07) is 7.01. The van der Waals surface area contributed by atoms with E-state index in [1.165, 1.54) is 13.8 Å². The van der Waals surface area contributed by atoms with Crippen LogP contribution in [0.25, 0.3) is 0 Å². The van der Waals surface area contributed by atoms with Gasteiger partial charge < -0.3 is 15.5 Å². The highest BCUT2D eigenvalue weighted by molar-refractivity contribution is 5.92. The molecule has 0 saturated carbocycles. The quantitative estimate of drug-likeness (QED) is 0.807. The van der Waals surface area contributed by atoms with Crippen molar-refractivity contribution in [1.82, 2.24) is 5.32 Å². The Balaban J connectivity index is 2.64. The van der Waals surface area contributed by atoms with Crippen LogP contribution in [0.4, 0.5) is 11.4 Å². The number of nitrogens with zero attached hydrogens (tertiary/aromatic N) is 1. The van der Waals surface area contributed by atoms with E-state index in [1.807, 2.05) is 6.92 Å². The number of benzene rings is 1. The van der Waals surface area contributed by atoms with Gasteiger partial charge in [-0.05, 0) is 30.7 Å². The monoisotopic (exact) mass is 305 g/mol. The fraction of sp³-hybridized carbons (Fsp3) is 0.438. The number of amides is 3. The van der Waals surface area contributed by atoms with Gasteiger partial charge in [0, 0.05) is 44.7 Å². The molecule has 1 aromatic rings. The third-order valence-electron chi connectivity index (χ3n) is 3.01. The summed E-state index contributed by atoms with van der Waals surface area (Å²) >= 11 is 0. The van der Waals surface area contributed by atoms with Crippen molar-refractivity contribution in [3.8, 4) is 0 Å². The lowest BCUT2D eigenvalue weighted by atomic mass is 10.2. The van der Waals surface area contributed by atoms with Gasteiger partial charge in [-0.3, -0.25) is 14.4 Å². The van der Waals surface area contributed by atoms with E-state index in [-0.39, 0.29) is 17.7 Å². The maximum absolute atomic E-state index is 11.8. The highest BCUT2D eigenvalue weighted by Gasteiger charge is 2.11. The van der Waals surface area contributed by atoms with E-state index in [0.717, 1.165) is 12.1 Å². The van der Waals surface area contributed by atoms with Crippen LogP contribution in [-0.4, -0.2) is 30.8 Å². The van der Waals surface area contributed by atoms with Crippen molar-refractivity contribution in [3.63, 3.8) is 0 Å². The predicted octanol–water partition coefficient (Wildman–Crippen LogP) is 1.91. The zero-order valence-corrected chi connectivity index (χ0v) is 13.3. The van der Waals surface area contributed by atoms with Gasteiger partial charge in [0.2, 0.25) is 17.7 Å². The van der Waals surface area contributed by atoms with Gasteiger partial charge in [0.1, 0.15) is 0 Å². The molecule has 3 amide bonds. The van der Waals surface area contributed by atoms with Crippen molar-refractivity contribution in [2.75, 3.05) is 23.3 Å². The number of rotatable bonds is 7. The van der Waals surface area contributed by atoms with Crippen LogP contribution < -0.4 is 15.5 Å². The Morgan fingerprint density at radius 1 is 1.09 bits per heavy atom. The van der Waals surface area contributed by atoms with Gasteiger partial charge >= 0.3 is 0 Å². The van der Waals surface area contributed by atoms with Crippen molar-refractivity contribution in [2.45, 2.75) is 33.6 Å². The van der Waals surface area contributed by atoms with E-state index in [9.17, 15) is 14.4 Å². The molecule has 6 nitrogen and oxygen atoms in total. The van der Waals surface area contributed by atoms with Crippen molar-refractivity contribution in [1.29, 1.82) is 0 Å². The SMILES string of the molecule is CCCC(=O)NCCN(C(C)=O)c1ccc(NC(C)=O)cc1. The van der Waals surface area contributed by atoms with Crippen LogP contribution >= 0.6 is 0 Å². The number of carbonyl (C=O) groups excluding carboxylic acids is 3. The van der Waals surface area contributed by atoms with Crippen LogP contribution in [0.1, 0.15) is 33.6 Å². The predicted molar refractivity (Wildman–Crippen MR) is 86.7 cm³/mol. The fourth-order valence-corrected chi connectivity index (χ4v) is 2.02. The van der Waals surface area contributed by atoms with Gasteiger partial charge in [-0.1, -0.05) is 6.92 Å². The summed E-state index contributed by atoms with van der Waals surface area (Å²) in [7, 11) is 0. The standard InChI is InChI=1S/C16H23N3O3/c1-4-5-16(22)17-10-11-19(13(3)21)15-8-6-14(7-9-15)18-12(2)20/h6-9H,4-5,10-11H2,1-3H3,(H,17,22)(H,18,20). The smallest absolute Gasteiger partial charge is 0.223 e. The molecule has 2 N–H and O–H groups in total. The third kappa shape index (κ3) is 5.95. The molecule has 0 bridgehead atoms. The average Bonchev–Trinajstić information content (AvgIpc) is 2.44. The summed E-state index contributed by atoms with van der Waals surface area (Å²) in [5.41, 5.74) is 1.40. The van der Waals surface area contributed by atoms with Crippen molar-refractivity contribution < 1.29 is 14.4 Å². The van der Waals surface area contributed by atoms with E-state index < -0.39 is 0 Å². The minimum atomic E-state index is -0.144. The molecule has 0 unspecified atom stereocenters. The number of anilines is 2. The maximum atomic E-state index is 11.8. The van der Waals surface area contributed by atoms with Gasteiger partial charge in [0.05, 0.1) is 0 Å². The zero-order valence-electron chi connectivity index (χ0n) is 13.3. The summed E-state index contributed by atoms with van der Waals surface area (Å²) in [4.78, 5) is 35.7. The molecule has 1 aromatic carbocycles. The first kappa shape index (κ1) is 17.7. The molecule has 0 aliphatic heterocycles. The minimum Gasteiger partial charge on any atom is -0.354 e. The lowest BCUT2D eigenvalue weighted by Gasteiger charge is -2.21. The molecular weight excluding hydrogens is 282 g/mol. The van der Waals surface area contributed by atoms with Crippen molar-refractivity contribution in [3.05, 3.63) is 24.3 Å². The van der Waals surface area contributed by atoms with Crippen LogP contribution in [0.5, 0.6) is 0 Å². The molecule has 22 heavy (non-hydrogen) atoms. The van der Waals surface area contributed by atoms with Crippen LogP contribution in [0.3, 0.4) is 0 Å². The largest absolute Gasteiger partial charge is 0.354 e. The third-order valence-corrected chi connectivity index (χ3v) is 3.01. The molecule has 120 valence electrons. The number of hydrogen-bond donors (Lipinski definition) is 2. The van der Waals surface area contributed by atoms with Gasteiger partial charge in [-0.15, -0.1) is 0 Å². The fourth-order valence-electron chi connectivity index (χ4n) is 2.02. The molecule has 0 aliphatic rings. The van der Waals surface area contributed by atoms with Gasteiger partial charge in [-0.2, -0.15) is 0 Å². The molecular formula is C16H23N3O3. The molecule has 1 rings (SSSR count). The van der Waals surface area contributed by atoms with Gasteiger partial charge in [-0.25, -0.2) is 0 Å². The van der Waals surface area contributed by atoms with Crippen LogP contribution in [0.15, 0.2) is 24.3 Å². The highest BCUT2D eigenvalue weighted by atomic mass is 16.2. The molecule has 0 saturated heterocycles. The first-order valence-corrected chi connectivity index (χ1v) is 7.36. The van der Waals surface area contributed by atoms with Crippen LogP contribution in [0, 0.1) is 0 Å². The second kappa shape index (κ2) is 8.81. The molecule has 0 spiro atoms. The van der Waals surface area contributed by atoms with E-state index >= 15 is 0 Å². The summed E-state index contributed by atoms with van der Waals surface area (Å²) in [5, 5.41) is 5.46. The molecule has 6 heteroatoms. The van der Waals surface area contributed by atoms with E-state index in [1.54, 1.807) is 29.2 Å². The maximum Gasteiger partial charge on any atom is 0.223 e. The second-order valence-corrected chi connectivity index (χ2v) is 5.00. The summed E-state index contributed by atoms with van der Waals surface area (Å²) < 4.78 is 0. The Morgan fingerprint density at radius 2 is 1.73 bits per heavy atom. The normalized spacial score (nSPS) is 9.95. The number of nitrogens with one attached hydrogen (secondary N) is 2. The van der Waals surface area contributed by atoms with Gasteiger partial charge in [0.15, 0.2) is 0 Å². The molecule has 0 heterocycles. The lowest BCUT2D eigenvalue weighted by molar-refractivity contribution is -0.121. The zero-order chi connectivity index (χ0) is 16.5. The van der Waals surface area contributed by atoms with E-state index in [0.29, 0.717) is 25.2 Å². The summed E-state index contributed by atoms with van der Waals surface area (Å²) in [5.74, 6) is -0.251. The van der Waals surface area contributed by atoms with E-state index in [2.05, 4.69) is 10.6 Å². The van der Waals surface area contributed by atoms with E-state index in [4.69, 9.17) is 0 Å². The minimum absolute atomic E-state index is 0.00740. The molecule has 0 aromatic heterocycles. The Morgan fingerprint density at radius 3 is 2.23 bits per heavy atom. The topological polar surface area (TPSA) is 78.5 Å². The second-order valence-electron chi connectivity index (χ2n) is 5.00. The van der Waals surface area contributed by atoms with Gasteiger partial charge in [0.25, 0.3) is 0 Å². The lowest BCUT2D eigenvalue weighted by Crippen LogP contribution is -2.37. The Hall–Kier alpha value is -2.37. The number of carbonyl (C=O) groups is 3. The van der Waals surface area contributed by atoms with Crippen LogP contribution in [-0.2, 0) is 14.4 Å². The Bertz CT molecular complexity index is 526. The van der Waals surface area contributed by atoms with Crippen molar-refractivity contribution >= 4 is 29.1 Å². The first-order chi connectivity index (χ1) is 10.4. The Kier molecular flexibility index (Phi) is 7.08. The summed E-state index contributed by atoms with van der Waals surface area (Å²) in [6.45, 7) is 5.68. The van der Waals surface area contributed by atoms with Crippen molar-refractivity contribution in [2.24, 2.45) is 0 Å².